The Labute approximate surface area is 155 Å². The van der Waals surface area contributed by atoms with Crippen molar-refractivity contribution < 1.29 is 9.47 Å². The minimum absolute atomic E-state index is 0.281. The molecule has 0 N–H and O–H groups in total. The standard InChI is InChI=1S/C18H18ClN3O2S/c19-18-20-15-10-14(12-24-11-13-4-2-1-3-5-13)25-16(15)17(21-18)22-6-8-23-9-7-22/h1-5,10H,6-9,11-12H2. The number of fused-ring (bicyclic) bond motifs is 1. The second kappa shape index (κ2) is 7.66. The summed E-state index contributed by atoms with van der Waals surface area (Å²) in [6.07, 6.45) is 0. The molecule has 1 aliphatic heterocycles. The van der Waals surface area contributed by atoms with Gasteiger partial charge in [-0.05, 0) is 23.2 Å². The second-order valence-electron chi connectivity index (χ2n) is 5.82. The van der Waals surface area contributed by atoms with Crippen molar-refractivity contribution in [3.05, 3.63) is 52.1 Å². The topological polar surface area (TPSA) is 47.5 Å². The smallest absolute Gasteiger partial charge is 0.224 e. The number of rotatable bonds is 5. The van der Waals surface area contributed by atoms with E-state index in [1.165, 1.54) is 5.56 Å². The summed E-state index contributed by atoms with van der Waals surface area (Å²) in [7, 11) is 0. The molecule has 0 atom stereocenters. The van der Waals surface area contributed by atoms with Crippen LogP contribution in [0.1, 0.15) is 10.4 Å². The number of hydrogen-bond donors (Lipinski definition) is 0. The minimum atomic E-state index is 0.281. The van der Waals surface area contributed by atoms with Gasteiger partial charge in [-0.15, -0.1) is 11.3 Å². The Kier molecular flexibility index (Phi) is 5.12. The van der Waals surface area contributed by atoms with Crippen molar-refractivity contribution in [1.29, 1.82) is 0 Å². The molecule has 0 amide bonds. The van der Waals surface area contributed by atoms with Crippen LogP contribution in [0.25, 0.3) is 10.2 Å². The van der Waals surface area contributed by atoms with Gasteiger partial charge in [0, 0.05) is 18.0 Å². The first-order valence-electron chi connectivity index (χ1n) is 8.20. The number of thiophene rings is 1. The average molecular weight is 376 g/mol. The van der Waals surface area contributed by atoms with Gasteiger partial charge in [0.2, 0.25) is 5.28 Å². The summed E-state index contributed by atoms with van der Waals surface area (Å²) >= 11 is 7.80. The molecule has 4 rings (SSSR count). The van der Waals surface area contributed by atoms with E-state index in [0.717, 1.165) is 34.0 Å². The van der Waals surface area contributed by atoms with Gasteiger partial charge in [0.1, 0.15) is 0 Å². The van der Waals surface area contributed by atoms with Crippen LogP contribution in [0.4, 0.5) is 5.82 Å². The highest BCUT2D eigenvalue weighted by molar-refractivity contribution is 7.19. The Bertz CT molecular complexity index is 850. The molecule has 1 fully saturated rings. The lowest BCUT2D eigenvalue weighted by Gasteiger charge is -2.28. The van der Waals surface area contributed by atoms with E-state index in [9.17, 15) is 0 Å². The molecule has 7 heteroatoms. The first kappa shape index (κ1) is 16.7. The van der Waals surface area contributed by atoms with Gasteiger partial charge in [-0.3, -0.25) is 0 Å². The van der Waals surface area contributed by atoms with Crippen LogP contribution < -0.4 is 4.90 Å². The van der Waals surface area contributed by atoms with Gasteiger partial charge in [0.05, 0.1) is 36.6 Å². The maximum Gasteiger partial charge on any atom is 0.224 e. The van der Waals surface area contributed by atoms with E-state index < -0.39 is 0 Å². The molecule has 0 unspecified atom stereocenters. The summed E-state index contributed by atoms with van der Waals surface area (Å²) in [4.78, 5) is 12.2. The van der Waals surface area contributed by atoms with Crippen LogP contribution in [0.3, 0.4) is 0 Å². The van der Waals surface area contributed by atoms with Crippen LogP contribution >= 0.6 is 22.9 Å². The number of nitrogens with zero attached hydrogens (tertiary/aromatic N) is 3. The molecular weight excluding hydrogens is 358 g/mol. The van der Waals surface area contributed by atoms with E-state index in [1.807, 2.05) is 24.3 Å². The van der Waals surface area contributed by atoms with Crippen molar-refractivity contribution in [2.75, 3.05) is 31.2 Å². The van der Waals surface area contributed by atoms with Gasteiger partial charge in [0.15, 0.2) is 5.82 Å². The van der Waals surface area contributed by atoms with E-state index in [4.69, 9.17) is 21.1 Å². The monoisotopic (exact) mass is 375 g/mol. The van der Waals surface area contributed by atoms with Gasteiger partial charge in [-0.2, -0.15) is 4.98 Å². The molecule has 1 aromatic carbocycles. The predicted molar refractivity (Wildman–Crippen MR) is 100 cm³/mol. The van der Waals surface area contributed by atoms with E-state index in [-0.39, 0.29) is 5.28 Å². The molecular formula is C18H18ClN3O2S. The third kappa shape index (κ3) is 3.93. The molecule has 3 aromatic rings. The first-order chi connectivity index (χ1) is 12.3. The SMILES string of the molecule is Clc1nc(N2CCOCC2)c2sc(COCc3ccccc3)cc2n1. The van der Waals surface area contributed by atoms with Crippen molar-refractivity contribution in [3.63, 3.8) is 0 Å². The number of aromatic nitrogens is 2. The maximum absolute atomic E-state index is 6.13. The van der Waals surface area contributed by atoms with E-state index >= 15 is 0 Å². The van der Waals surface area contributed by atoms with E-state index in [2.05, 4.69) is 27.0 Å². The Morgan fingerprint density at radius 1 is 1.12 bits per heavy atom. The van der Waals surface area contributed by atoms with Gasteiger partial charge in [0.25, 0.3) is 0 Å². The Balaban J connectivity index is 1.52. The minimum Gasteiger partial charge on any atom is -0.378 e. The zero-order valence-corrected chi connectivity index (χ0v) is 15.2. The van der Waals surface area contributed by atoms with Crippen LogP contribution in [-0.2, 0) is 22.7 Å². The molecule has 2 aromatic heterocycles. The number of benzene rings is 1. The molecule has 25 heavy (non-hydrogen) atoms. The lowest BCUT2D eigenvalue weighted by molar-refractivity contribution is 0.109. The van der Waals surface area contributed by atoms with Gasteiger partial charge < -0.3 is 14.4 Å². The summed E-state index contributed by atoms with van der Waals surface area (Å²) < 4.78 is 12.3. The molecule has 1 saturated heterocycles. The molecule has 0 spiro atoms. The van der Waals surface area contributed by atoms with Crippen LogP contribution in [0.15, 0.2) is 36.4 Å². The Hall–Kier alpha value is -1.73. The number of morpholine rings is 1. The molecule has 0 saturated carbocycles. The number of halogens is 1. The fourth-order valence-corrected chi connectivity index (χ4v) is 4.06. The summed E-state index contributed by atoms with van der Waals surface area (Å²) in [6.45, 7) is 4.21. The van der Waals surface area contributed by atoms with Crippen molar-refractivity contribution >= 4 is 39.0 Å². The highest BCUT2D eigenvalue weighted by atomic mass is 35.5. The Morgan fingerprint density at radius 3 is 2.72 bits per heavy atom. The van der Waals surface area contributed by atoms with Gasteiger partial charge in [-0.25, -0.2) is 4.98 Å². The van der Waals surface area contributed by atoms with Crippen LogP contribution in [0.5, 0.6) is 0 Å². The quantitative estimate of drug-likeness (QED) is 0.633. The van der Waals surface area contributed by atoms with Gasteiger partial charge >= 0.3 is 0 Å². The lowest BCUT2D eigenvalue weighted by Crippen LogP contribution is -2.36. The largest absolute Gasteiger partial charge is 0.378 e. The Morgan fingerprint density at radius 2 is 1.92 bits per heavy atom. The fraction of sp³-hybridized carbons (Fsp3) is 0.333. The lowest BCUT2D eigenvalue weighted by atomic mass is 10.2. The van der Waals surface area contributed by atoms with Crippen molar-refractivity contribution in [2.24, 2.45) is 0 Å². The second-order valence-corrected chi connectivity index (χ2v) is 7.30. The molecule has 130 valence electrons. The summed E-state index contributed by atoms with van der Waals surface area (Å²) in [5.74, 6) is 0.901. The fourth-order valence-electron chi connectivity index (χ4n) is 2.84. The van der Waals surface area contributed by atoms with Gasteiger partial charge in [-0.1, -0.05) is 30.3 Å². The van der Waals surface area contributed by atoms with Crippen LogP contribution in [0.2, 0.25) is 5.28 Å². The molecule has 0 radical (unpaired) electrons. The molecule has 0 aliphatic carbocycles. The highest BCUT2D eigenvalue weighted by Crippen LogP contribution is 2.33. The predicted octanol–water partition coefficient (Wildman–Crippen LogP) is 3.90. The van der Waals surface area contributed by atoms with E-state index in [0.29, 0.717) is 26.4 Å². The molecule has 3 heterocycles. The summed E-state index contributed by atoms with van der Waals surface area (Å²) in [6, 6.07) is 12.2. The molecule has 0 bridgehead atoms. The first-order valence-corrected chi connectivity index (χ1v) is 9.39. The number of anilines is 1. The van der Waals surface area contributed by atoms with Crippen molar-refractivity contribution in [3.8, 4) is 0 Å². The number of hydrogen-bond acceptors (Lipinski definition) is 6. The summed E-state index contributed by atoms with van der Waals surface area (Å²) in [5, 5.41) is 0.281. The van der Waals surface area contributed by atoms with Crippen LogP contribution in [0, 0.1) is 0 Å². The molecule has 5 nitrogen and oxygen atoms in total. The zero-order valence-electron chi connectivity index (χ0n) is 13.7. The highest BCUT2D eigenvalue weighted by Gasteiger charge is 2.19. The third-order valence-electron chi connectivity index (χ3n) is 4.04. The van der Waals surface area contributed by atoms with Crippen molar-refractivity contribution in [1.82, 2.24) is 9.97 Å². The normalized spacial score (nSPS) is 15.0. The van der Waals surface area contributed by atoms with Crippen molar-refractivity contribution in [2.45, 2.75) is 13.2 Å². The molecule has 1 aliphatic rings. The van der Waals surface area contributed by atoms with E-state index in [1.54, 1.807) is 11.3 Å². The average Bonchev–Trinajstić information content (AvgIpc) is 3.05. The maximum atomic E-state index is 6.13. The van der Waals surface area contributed by atoms with Crippen LogP contribution in [-0.4, -0.2) is 36.3 Å². The summed E-state index contributed by atoms with van der Waals surface area (Å²) in [5.41, 5.74) is 2.05. The zero-order chi connectivity index (χ0) is 17.1. The third-order valence-corrected chi connectivity index (χ3v) is 5.31. The number of ether oxygens (including phenoxy) is 2.